The fraction of sp³-hybridized carbons (Fsp3) is 0.600. The Kier molecular flexibility index (Phi) is 6.52. The Bertz CT molecular complexity index is 319. The minimum atomic E-state index is -1.33. The van der Waals surface area contributed by atoms with E-state index in [1.54, 1.807) is 19.9 Å². The van der Waals surface area contributed by atoms with Gasteiger partial charge in [-0.25, -0.2) is 0 Å². The van der Waals surface area contributed by atoms with Crippen LogP contribution in [0.2, 0.25) is 0 Å². The number of ether oxygens (including phenoxy) is 2. The summed E-state index contributed by atoms with van der Waals surface area (Å²) in [6.07, 6.45) is -0.370. The Hall–Kier alpha value is -1.90. The molecule has 0 bridgehead atoms. The van der Waals surface area contributed by atoms with Gasteiger partial charge in [0.2, 0.25) is 0 Å². The molecule has 0 heterocycles. The molecule has 0 aliphatic heterocycles. The SMILES string of the molecule is CCOC(=O)CC(=N)[C@@H](C#N)C(=O)OCC. The monoisotopic (exact) mass is 226 g/mol. The number of nitrogens with one attached hydrogen (secondary N) is 1. The molecule has 0 aliphatic carbocycles. The molecule has 1 atom stereocenters. The van der Waals surface area contributed by atoms with Crippen LogP contribution in [-0.4, -0.2) is 30.9 Å². The van der Waals surface area contributed by atoms with E-state index in [1.807, 2.05) is 0 Å². The van der Waals surface area contributed by atoms with Crippen LogP contribution in [0.3, 0.4) is 0 Å². The molecular formula is C10H14N2O4. The van der Waals surface area contributed by atoms with Crippen LogP contribution in [0.4, 0.5) is 0 Å². The van der Waals surface area contributed by atoms with Crippen molar-refractivity contribution in [3.05, 3.63) is 0 Å². The highest BCUT2D eigenvalue weighted by molar-refractivity contribution is 6.09. The summed E-state index contributed by atoms with van der Waals surface area (Å²) in [7, 11) is 0. The highest BCUT2D eigenvalue weighted by Gasteiger charge is 2.26. The third-order valence-electron chi connectivity index (χ3n) is 1.64. The van der Waals surface area contributed by atoms with Crippen molar-refractivity contribution in [1.29, 1.82) is 10.7 Å². The first-order chi connectivity index (χ1) is 7.56. The average Bonchev–Trinajstić information content (AvgIpc) is 2.19. The van der Waals surface area contributed by atoms with Crippen molar-refractivity contribution in [2.24, 2.45) is 5.92 Å². The van der Waals surface area contributed by atoms with Crippen molar-refractivity contribution >= 4 is 17.7 Å². The van der Waals surface area contributed by atoms with Crippen LogP contribution in [0.15, 0.2) is 0 Å². The molecule has 0 rings (SSSR count). The molecule has 0 amide bonds. The number of hydrogen-bond donors (Lipinski definition) is 1. The Morgan fingerprint density at radius 2 is 1.88 bits per heavy atom. The lowest BCUT2D eigenvalue weighted by Crippen LogP contribution is -2.26. The molecule has 0 aromatic carbocycles. The summed E-state index contributed by atoms with van der Waals surface area (Å²) in [6, 6.07) is 1.63. The zero-order chi connectivity index (χ0) is 12.6. The lowest BCUT2D eigenvalue weighted by Gasteiger charge is -2.09. The molecule has 16 heavy (non-hydrogen) atoms. The smallest absolute Gasteiger partial charge is 0.329 e. The predicted molar refractivity (Wildman–Crippen MR) is 54.7 cm³/mol. The Morgan fingerprint density at radius 3 is 2.31 bits per heavy atom. The van der Waals surface area contributed by atoms with Gasteiger partial charge in [-0.1, -0.05) is 0 Å². The number of rotatable bonds is 6. The van der Waals surface area contributed by atoms with E-state index in [-0.39, 0.29) is 25.3 Å². The largest absolute Gasteiger partial charge is 0.466 e. The number of carbonyl (C=O) groups is 2. The summed E-state index contributed by atoms with van der Waals surface area (Å²) in [5.74, 6) is -2.76. The van der Waals surface area contributed by atoms with Gasteiger partial charge in [-0.05, 0) is 13.8 Å². The lowest BCUT2D eigenvalue weighted by atomic mass is 10.0. The van der Waals surface area contributed by atoms with Crippen LogP contribution in [0.1, 0.15) is 20.3 Å². The van der Waals surface area contributed by atoms with Crippen molar-refractivity contribution in [1.82, 2.24) is 0 Å². The first-order valence-corrected chi connectivity index (χ1v) is 4.85. The van der Waals surface area contributed by atoms with Gasteiger partial charge in [0.05, 0.1) is 25.7 Å². The summed E-state index contributed by atoms with van der Waals surface area (Å²) in [5, 5.41) is 16.1. The highest BCUT2D eigenvalue weighted by atomic mass is 16.5. The van der Waals surface area contributed by atoms with Crippen molar-refractivity contribution in [2.75, 3.05) is 13.2 Å². The van der Waals surface area contributed by atoms with E-state index in [9.17, 15) is 9.59 Å². The van der Waals surface area contributed by atoms with Crippen LogP contribution >= 0.6 is 0 Å². The topological polar surface area (TPSA) is 100 Å². The van der Waals surface area contributed by atoms with Gasteiger partial charge < -0.3 is 14.9 Å². The van der Waals surface area contributed by atoms with Crippen molar-refractivity contribution in [3.63, 3.8) is 0 Å². The minimum Gasteiger partial charge on any atom is -0.466 e. The van der Waals surface area contributed by atoms with E-state index in [1.165, 1.54) is 0 Å². The molecule has 6 nitrogen and oxygen atoms in total. The van der Waals surface area contributed by atoms with Gasteiger partial charge in [0, 0.05) is 5.71 Å². The van der Waals surface area contributed by atoms with Gasteiger partial charge in [-0.15, -0.1) is 0 Å². The van der Waals surface area contributed by atoms with Gasteiger partial charge in [0.15, 0.2) is 5.92 Å². The maximum atomic E-state index is 11.2. The molecule has 0 spiro atoms. The Morgan fingerprint density at radius 1 is 1.31 bits per heavy atom. The van der Waals surface area contributed by atoms with Gasteiger partial charge in [0.25, 0.3) is 0 Å². The maximum absolute atomic E-state index is 11.2. The van der Waals surface area contributed by atoms with Crippen LogP contribution < -0.4 is 0 Å². The number of hydrogen-bond acceptors (Lipinski definition) is 6. The van der Waals surface area contributed by atoms with E-state index in [2.05, 4.69) is 9.47 Å². The molecule has 1 N–H and O–H groups in total. The van der Waals surface area contributed by atoms with Gasteiger partial charge in [0.1, 0.15) is 0 Å². The fourth-order valence-electron chi connectivity index (χ4n) is 0.968. The second kappa shape index (κ2) is 7.40. The molecular weight excluding hydrogens is 212 g/mol. The summed E-state index contributed by atoms with van der Waals surface area (Å²) in [5.41, 5.74) is -0.306. The number of nitrogens with zero attached hydrogens (tertiary/aromatic N) is 1. The number of nitriles is 1. The first kappa shape index (κ1) is 14.1. The molecule has 0 fully saturated rings. The fourth-order valence-corrected chi connectivity index (χ4v) is 0.968. The summed E-state index contributed by atoms with van der Waals surface area (Å²) in [4.78, 5) is 22.2. The summed E-state index contributed by atoms with van der Waals surface area (Å²) in [6.45, 7) is 3.56. The third-order valence-corrected chi connectivity index (χ3v) is 1.64. The minimum absolute atomic E-state index is 0.129. The zero-order valence-corrected chi connectivity index (χ0v) is 9.28. The highest BCUT2D eigenvalue weighted by Crippen LogP contribution is 2.05. The molecule has 0 aromatic heterocycles. The van der Waals surface area contributed by atoms with Gasteiger partial charge in [-0.2, -0.15) is 5.26 Å². The van der Waals surface area contributed by atoms with E-state index >= 15 is 0 Å². The molecule has 0 aliphatic rings. The quantitative estimate of drug-likeness (QED) is 0.529. The van der Waals surface area contributed by atoms with E-state index < -0.39 is 17.9 Å². The standard InChI is InChI=1S/C10H14N2O4/c1-3-15-9(13)5-8(12)7(6-11)10(14)16-4-2/h7,12H,3-5H2,1-2H3/t7-/m1/s1. The Labute approximate surface area is 93.7 Å². The lowest BCUT2D eigenvalue weighted by molar-refractivity contribution is -0.144. The molecule has 6 heteroatoms. The summed E-state index contributed by atoms with van der Waals surface area (Å²) >= 11 is 0. The second-order valence-corrected chi connectivity index (χ2v) is 2.82. The molecule has 0 saturated carbocycles. The molecule has 88 valence electrons. The first-order valence-electron chi connectivity index (χ1n) is 4.85. The van der Waals surface area contributed by atoms with E-state index in [0.717, 1.165) is 0 Å². The average molecular weight is 226 g/mol. The van der Waals surface area contributed by atoms with Crippen molar-refractivity contribution in [2.45, 2.75) is 20.3 Å². The number of carbonyl (C=O) groups excluding carboxylic acids is 2. The normalized spacial score (nSPS) is 11.1. The maximum Gasteiger partial charge on any atom is 0.329 e. The predicted octanol–water partition coefficient (Wildman–Crippen LogP) is 0.662. The van der Waals surface area contributed by atoms with E-state index in [0.29, 0.717) is 0 Å². The number of esters is 2. The van der Waals surface area contributed by atoms with Crippen LogP contribution in [-0.2, 0) is 19.1 Å². The van der Waals surface area contributed by atoms with Crippen LogP contribution in [0, 0.1) is 22.7 Å². The second-order valence-electron chi connectivity index (χ2n) is 2.82. The van der Waals surface area contributed by atoms with E-state index in [4.69, 9.17) is 10.7 Å². The van der Waals surface area contributed by atoms with Crippen LogP contribution in [0.25, 0.3) is 0 Å². The van der Waals surface area contributed by atoms with Gasteiger partial charge in [-0.3, -0.25) is 9.59 Å². The van der Waals surface area contributed by atoms with Crippen LogP contribution in [0.5, 0.6) is 0 Å². The van der Waals surface area contributed by atoms with Gasteiger partial charge >= 0.3 is 11.9 Å². The Balaban J connectivity index is 4.38. The van der Waals surface area contributed by atoms with Crippen molar-refractivity contribution < 1.29 is 19.1 Å². The molecule has 0 aromatic rings. The van der Waals surface area contributed by atoms with Crippen molar-refractivity contribution in [3.8, 4) is 6.07 Å². The zero-order valence-electron chi connectivity index (χ0n) is 9.28. The molecule has 0 radical (unpaired) electrons. The molecule has 0 saturated heterocycles. The summed E-state index contributed by atoms with van der Waals surface area (Å²) < 4.78 is 9.21. The third kappa shape index (κ3) is 4.55. The molecule has 0 unspecified atom stereocenters.